The molecule has 4 aliphatic carbocycles. The molecule has 6 fully saturated rings. The Hall–Kier alpha value is -0.160. The van der Waals surface area contributed by atoms with Crippen LogP contribution >= 0.6 is 0 Å². The predicted molar refractivity (Wildman–Crippen MR) is 119 cm³/mol. The average Bonchev–Trinajstić information content (AvgIpc) is 3.55. The van der Waals surface area contributed by atoms with Crippen molar-refractivity contribution in [1.82, 2.24) is 0 Å². The first-order valence-electron chi connectivity index (χ1n) is 13.5. The molecule has 0 aromatic carbocycles. The maximum atomic E-state index is 11.1. The fraction of sp³-hybridized carbons (Fsp3) is 1.00. The first-order chi connectivity index (χ1) is 14.9. The molecule has 2 aliphatic heterocycles. The van der Waals surface area contributed by atoms with Crippen LogP contribution in [-0.4, -0.2) is 42.9 Å². The van der Waals surface area contributed by atoms with Gasteiger partial charge in [-0.25, -0.2) is 0 Å². The van der Waals surface area contributed by atoms with Gasteiger partial charge in [0.1, 0.15) is 0 Å². The van der Waals surface area contributed by atoms with E-state index in [-0.39, 0.29) is 17.8 Å². The molecular weight excluding hydrogens is 388 g/mol. The van der Waals surface area contributed by atoms with Gasteiger partial charge < -0.3 is 19.3 Å². The molecule has 0 aromatic rings. The largest absolute Gasteiger partial charge is 0.393 e. The van der Waals surface area contributed by atoms with E-state index in [0.717, 1.165) is 43.8 Å². The summed E-state index contributed by atoms with van der Waals surface area (Å²) in [5.74, 6) is 4.29. The highest BCUT2D eigenvalue weighted by atomic mass is 16.7. The van der Waals surface area contributed by atoms with Crippen LogP contribution in [-0.2, 0) is 14.2 Å². The van der Waals surface area contributed by atoms with Crippen molar-refractivity contribution in [2.75, 3.05) is 13.2 Å². The van der Waals surface area contributed by atoms with E-state index in [1.165, 1.54) is 51.4 Å². The Balaban J connectivity index is 1.22. The zero-order valence-corrected chi connectivity index (χ0v) is 19.9. The maximum absolute atomic E-state index is 11.1. The standard InChI is InChI=1S/C27H44O4/c1-16-12-18(31-24-6-4-5-11-29-24)13-17-7-8-19-21(27(16,17)3)9-10-26(2)23(28)14-20(25(19)26)22-15-30-22/h16-25,28H,4-15H2,1-3H3/t16-,17-,18+,19+,20-,21-,22+,23-,24?,25+,26+,27-/m0/s1. The second-order valence-electron chi connectivity index (χ2n) is 12.7. The third-order valence-electron chi connectivity index (χ3n) is 11.5. The molecule has 12 atom stereocenters. The lowest BCUT2D eigenvalue weighted by Crippen LogP contribution is -2.58. The summed E-state index contributed by atoms with van der Waals surface area (Å²) in [4.78, 5) is 0. The molecule has 2 saturated heterocycles. The Bertz CT molecular complexity index is 672. The van der Waals surface area contributed by atoms with Crippen LogP contribution in [0, 0.1) is 46.3 Å². The van der Waals surface area contributed by atoms with Gasteiger partial charge in [0.15, 0.2) is 6.29 Å². The summed E-state index contributed by atoms with van der Waals surface area (Å²) >= 11 is 0. The Morgan fingerprint density at radius 3 is 2.52 bits per heavy atom. The lowest BCUT2D eigenvalue weighted by molar-refractivity contribution is -0.223. The van der Waals surface area contributed by atoms with Crippen LogP contribution in [0.2, 0.25) is 0 Å². The van der Waals surface area contributed by atoms with E-state index in [0.29, 0.717) is 35.4 Å². The van der Waals surface area contributed by atoms with Crippen molar-refractivity contribution in [3.05, 3.63) is 0 Å². The molecule has 176 valence electrons. The molecule has 0 bridgehead atoms. The summed E-state index contributed by atoms with van der Waals surface area (Å²) in [5, 5.41) is 11.1. The third-order valence-corrected chi connectivity index (χ3v) is 11.5. The van der Waals surface area contributed by atoms with Crippen LogP contribution in [0.15, 0.2) is 0 Å². The molecule has 0 amide bonds. The Morgan fingerprint density at radius 1 is 0.935 bits per heavy atom. The van der Waals surface area contributed by atoms with Gasteiger partial charge in [-0.1, -0.05) is 20.8 Å². The van der Waals surface area contributed by atoms with Crippen LogP contribution in [0.25, 0.3) is 0 Å². The highest BCUT2D eigenvalue weighted by Gasteiger charge is 2.65. The van der Waals surface area contributed by atoms with Crippen molar-refractivity contribution >= 4 is 0 Å². The van der Waals surface area contributed by atoms with Crippen LogP contribution in [0.3, 0.4) is 0 Å². The summed E-state index contributed by atoms with van der Waals surface area (Å²) in [6.07, 6.45) is 12.8. The van der Waals surface area contributed by atoms with Gasteiger partial charge in [-0.05, 0) is 111 Å². The highest BCUT2D eigenvalue weighted by molar-refractivity contribution is 5.14. The van der Waals surface area contributed by atoms with Crippen LogP contribution < -0.4 is 0 Å². The fourth-order valence-corrected chi connectivity index (χ4v) is 9.65. The molecular formula is C27H44O4. The molecule has 6 aliphatic rings. The number of aliphatic hydroxyl groups is 1. The van der Waals surface area contributed by atoms with E-state index in [1.54, 1.807) is 0 Å². The van der Waals surface area contributed by atoms with Crippen molar-refractivity contribution in [3.8, 4) is 0 Å². The van der Waals surface area contributed by atoms with Gasteiger partial charge in [0.05, 0.1) is 24.9 Å². The number of epoxide rings is 1. The fourth-order valence-electron chi connectivity index (χ4n) is 9.65. The van der Waals surface area contributed by atoms with Gasteiger partial charge in [-0.15, -0.1) is 0 Å². The van der Waals surface area contributed by atoms with Crippen molar-refractivity contribution in [3.63, 3.8) is 0 Å². The van der Waals surface area contributed by atoms with Crippen LogP contribution in [0.1, 0.15) is 85.0 Å². The number of aliphatic hydroxyl groups excluding tert-OH is 1. The summed E-state index contributed by atoms with van der Waals surface area (Å²) in [6.45, 7) is 9.37. The first-order valence-corrected chi connectivity index (χ1v) is 13.5. The molecule has 1 N–H and O–H groups in total. The van der Waals surface area contributed by atoms with Gasteiger partial charge in [0, 0.05) is 6.61 Å². The normalized spacial score (nSPS) is 58.8. The number of hydrogen-bond acceptors (Lipinski definition) is 4. The van der Waals surface area contributed by atoms with Gasteiger partial charge in [-0.2, -0.15) is 0 Å². The maximum Gasteiger partial charge on any atom is 0.157 e. The predicted octanol–water partition coefficient (Wildman–Crippen LogP) is 5.17. The van der Waals surface area contributed by atoms with E-state index < -0.39 is 0 Å². The zero-order valence-electron chi connectivity index (χ0n) is 19.9. The van der Waals surface area contributed by atoms with E-state index in [1.807, 2.05) is 0 Å². The number of fused-ring (bicyclic) bond motifs is 5. The van der Waals surface area contributed by atoms with Crippen LogP contribution in [0.4, 0.5) is 0 Å². The van der Waals surface area contributed by atoms with Crippen LogP contribution in [0.5, 0.6) is 0 Å². The zero-order chi connectivity index (χ0) is 21.4. The van der Waals surface area contributed by atoms with E-state index in [4.69, 9.17) is 14.2 Å². The first kappa shape index (κ1) is 21.4. The number of rotatable bonds is 3. The minimum Gasteiger partial charge on any atom is -0.393 e. The molecule has 4 heteroatoms. The second-order valence-corrected chi connectivity index (χ2v) is 12.7. The monoisotopic (exact) mass is 432 g/mol. The lowest BCUT2D eigenvalue weighted by atomic mass is 9.42. The summed E-state index contributed by atoms with van der Waals surface area (Å²) in [7, 11) is 0. The number of ether oxygens (including phenoxy) is 3. The minimum absolute atomic E-state index is 0.0429. The van der Waals surface area contributed by atoms with Gasteiger partial charge in [-0.3, -0.25) is 0 Å². The lowest BCUT2D eigenvalue weighted by Gasteiger charge is -2.63. The topological polar surface area (TPSA) is 51.2 Å². The molecule has 6 rings (SSSR count). The van der Waals surface area contributed by atoms with Crippen molar-refractivity contribution in [2.24, 2.45) is 46.3 Å². The van der Waals surface area contributed by atoms with Crippen molar-refractivity contribution < 1.29 is 19.3 Å². The Labute approximate surface area is 188 Å². The summed E-state index contributed by atoms with van der Waals surface area (Å²) in [6, 6.07) is 0. The molecule has 31 heavy (non-hydrogen) atoms. The average molecular weight is 433 g/mol. The highest BCUT2D eigenvalue weighted by Crippen LogP contribution is 2.69. The SMILES string of the molecule is C[C@H]1C[C@@H](OC2CCCCO2)C[C@@H]2CC[C@H]3[C@@H]4[C@H]([C@H]5CO5)C[C@H](O)[C@@]4(C)CC[C@@H]3[C@]21C. The third kappa shape index (κ3) is 3.29. The van der Waals surface area contributed by atoms with Gasteiger partial charge in [0.2, 0.25) is 0 Å². The molecule has 4 saturated carbocycles. The summed E-state index contributed by atoms with van der Waals surface area (Å²) in [5.41, 5.74) is 0.531. The number of hydrogen-bond donors (Lipinski definition) is 1. The molecule has 4 nitrogen and oxygen atoms in total. The van der Waals surface area contributed by atoms with E-state index in [9.17, 15) is 5.11 Å². The smallest absolute Gasteiger partial charge is 0.157 e. The molecule has 0 spiro atoms. The van der Waals surface area contributed by atoms with Crippen molar-refractivity contribution in [2.45, 2.75) is 110 Å². The quantitative estimate of drug-likeness (QED) is 0.494. The Morgan fingerprint density at radius 2 is 1.77 bits per heavy atom. The van der Waals surface area contributed by atoms with Crippen molar-refractivity contribution in [1.29, 1.82) is 0 Å². The minimum atomic E-state index is -0.129. The van der Waals surface area contributed by atoms with Gasteiger partial charge >= 0.3 is 0 Å². The molecule has 2 heterocycles. The Kier molecular flexibility index (Phi) is 5.30. The molecule has 0 radical (unpaired) electrons. The molecule has 1 unspecified atom stereocenters. The van der Waals surface area contributed by atoms with E-state index >= 15 is 0 Å². The summed E-state index contributed by atoms with van der Waals surface area (Å²) < 4.78 is 18.2. The second kappa shape index (κ2) is 7.68. The van der Waals surface area contributed by atoms with E-state index in [2.05, 4.69) is 20.8 Å². The molecule has 0 aromatic heterocycles. The van der Waals surface area contributed by atoms with Gasteiger partial charge in [0.25, 0.3) is 0 Å².